The lowest BCUT2D eigenvalue weighted by atomic mass is 10.1. The summed E-state index contributed by atoms with van der Waals surface area (Å²) in [6, 6.07) is 11.2. The second kappa shape index (κ2) is 11.0. The monoisotopic (exact) mass is 474 g/mol. The van der Waals surface area contributed by atoms with Crippen LogP contribution in [0, 0.1) is 21.4 Å². The van der Waals surface area contributed by atoms with Crippen molar-refractivity contribution in [3.63, 3.8) is 0 Å². The van der Waals surface area contributed by atoms with Gasteiger partial charge in [-0.1, -0.05) is 0 Å². The molecule has 2 aromatic rings. The molecule has 0 amide bonds. The van der Waals surface area contributed by atoms with Gasteiger partial charge < -0.3 is 14.2 Å². The average Bonchev–Trinajstić information content (AvgIpc) is 2.72. The molecular weight excluding hydrogens is 456 g/mol. The first kappa shape index (κ1) is 22.9. The molecule has 0 aliphatic carbocycles. The molecule has 0 aromatic heterocycles. The third-order valence-electron chi connectivity index (χ3n) is 3.79. The molecule has 30 heavy (non-hydrogen) atoms. The maximum absolute atomic E-state index is 11.8. The topological polar surface area (TPSA) is 112 Å². The van der Waals surface area contributed by atoms with Gasteiger partial charge in [0.2, 0.25) is 0 Å². The van der Waals surface area contributed by atoms with Gasteiger partial charge in [-0.3, -0.25) is 10.1 Å². The van der Waals surface area contributed by atoms with E-state index in [1.807, 2.05) is 13.0 Å². The summed E-state index contributed by atoms with van der Waals surface area (Å²) in [5, 5.41) is 20.0. The van der Waals surface area contributed by atoms with Crippen molar-refractivity contribution in [2.24, 2.45) is 0 Å². The third kappa shape index (κ3) is 6.06. The minimum absolute atomic E-state index is 0.000901. The van der Waals surface area contributed by atoms with E-state index in [1.165, 1.54) is 18.2 Å². The zero-order chi connectivity index (χ0) is 22.1. The van der Waals surface area contributed by atoms with Crippen LogP contribution < -0.4 is 9.47 Å². The highest BCUT2D eigenvalue weighted by molar-refractivity contribution is 9.10. The van der Waals surface area contributed by atoms with Gasteiger partial charge in [0.05, 0.1) is 22.6 Å². The van der Waals surface area contributed by atoms with E-state index < -0.39 is 10.9 Å². The first-order valence-electron chi connectivity index (χ1n) is 9.01. The van der Waals surface area contributed by atoms with Crippen LogP contribution >= 0.6 is 15.9 Å². The van der Waals surface area contributed by atoms with Crippen LogP contribution in [0.4, 0.5) is 5.69 Å². The van der Waals surface area contributed by atoms with Crippen LogP contribution in [0.1, 0.15) is 25.0 Å². The molecule has 2 aromatic carbocycles. The Morgan fingerprint density at radius 2 is 1.90 bits per heavy atom. The highest BCUT2D eigenvalue weighted by Crippen LogP contribution is 2.38. The van der Waals surface area contributed by atoms with Crippen molar-refractivity contribution in [3.05, 3.63) is 67.7 Å². The predicted molar refractivity (Wildman–Crippen MR) is 113 cm³/mol. The second-order valence-corrected chi connectivity index (χ2v) is 6.72. The number of hydrogen-bond acceptors (Lipinski definition) is 7. The molecule has 0 radical (unpaired) electrons. The van der Waals surface area contributed by atoms with Gasteiger partial charge in [0.15, 0.2) is 11.5 Å². The van der Waals surface area contributed by atoms with Crippen LogP contribution in [0.3, 0.4) is 0 Å². The van der Waals surface area contributed by atoms with E-state index in [9.17, 15) is 20.2 Å². The standard InChI is InChI=1S/C21H19BrN2O6/c1-3-28-19-11-15(9-16(12-23)21(25)29-4-2)10-18(22)20(19)30-13-14-5-7-17(8-6-14)24(26)27/h5-11H,3-4,13H2,1-2H3. The summed E-state index contributed by atoms with van der Waals surface area (Å²) in [6.07, 6.45) is 1.41. The van der Waals surface area contributed by atoms with Crippen LogP contribution in [0.5, 0.6) is 11.5 Å². The third-order valence-corrected chi connectivity index (χ3v) is 4.38. The van der Waals surface area contributed by atoms with E-state index in [0.29, 0.717) is 28.1 Å². The van der Waals surface area contributed by atoms with Crippen molar-refractivity contribution in [3.8, 4) is 17.6 Å². The number of carbonyl (C=O) groups excluding carboxylic acids is 1. The predicted octanol–water partition coefficient (Wildman–Crippen LogP) is 4.81. The summed E-state index contributed by atoms with van der Waals surface area (Å²) < 4.78 is 16.9. The van der Waals surface area contributed by atoms with E-state index >= 15 is 0 Å². The van der Waals surface area contributed by atoms with Gasteiger partial charge in [-0.2, -0.15) is 5.26 Å². The molecule has 8 nitrogen and oxygen atoms in total. The molecule has 0 saturated heterocycles. The zero-order valence-corrected chi connectivity index (χ0v) is 18.0. The molecule has 0 fully saturated rings. The maximum atomic E-state index is 11.8. The second-order valence-electron chi connectivity index (χ2n) is 5.87. The molecule has 2 rings (SSSR count). The number of rotatable bonds is 9. The molecule has 0 atom stereocenters. The number of halogens is 1. The van der Waals surface area contributed by atoms with Gasteiger partial charge in [0.1, 0.15) is 18.2 Å². The molecule has 9 heteroatoms. The fraction of sp³-hybridized carbons (Fsp3) is 0.238. The number of nitro benzene ring substituents is 1. The van der Waals surface area contributed by atoms with Gasteiger partial charge in [0, 0.05) is 12.1 Å². The number of hydrogen-bond donors (Lipinski definition) is 0. The Morgan fingerprint density at radius 3 is 2.47 bits per heavy atom. The van der Waals surface area contributed by atoms with Crippen LogP contribution in [-0.4, -0.2) is 24.1 Å². The van der Waals surface area contributed by atoms with Crippen molar-refractivity contribution in [1.29, 1.82) is 5.26 Å². The normalized spacial score (nSPS) is 10.8. The summed E-state index contributed by atoms with van der Waals surface area (Å²) in [6.45, 7) is 4.18. The van der Waals surface area contributed by atoms with E-state index in [0.717, 1.165) is 5.56 Å². The highest BCUT2D eigenvalue weighted by Gasteiger charge is 2.15. The Balaban J connectivity index is 2.29. The number of carbonyl (C=O) groups is 1. The lowest BCUT2D eigenvalue weighted by Gasteiger charge is -2.15. The average molecular weight is 475 g/mol. The Bertz CT molecular complexity index is 996. The van der Waals surface area contributed by atoms with E-state index in [1.54, 1.807) is 31.2 Å². The van der Waals surface area contributed by atoms with Crippen molar-refractivity contribution in [1.82, 2.24) is 0 Å². The zero-order valence-electron chi connectivity index (χ0n) is 16.4. The molecule has 0 N–H and O–H groups in total. The van der Waals surface area contributed by atoms with Gasteiger partial charge in [-0.25, -0.2) is 4.79 Å². The van der Waals surface area contributed by atoms with Gasteiger partial charge in [-0.05, 0) is 71.2 Å². The number of benzene rings is 2. The summed E-state index contributed by atoms with van der Waals surface area (Å²) in [5.74, 6) is 0.149. The molecule has 0 saturated carbocycles. The van der Waals surface area contributed by atoms with Gasteiger partial charge in [0.25, 0.3) is 5.69 Å². The number of esters is 1. The highest BCUT2D eigenvalue weighted by atomic mass is 79.9. The van der Waals surface area contributed by atoms with Crippen LogP contribution in [0.25, 0.3) is 6.08 Å². The number of ether oxygens (including phenoxy) is 3. The summed E-state index contributed by atoms with van der Waals surface area (Å²) in [7, 11) is 0. The largest absolute Gasteiger partial charge is 0.490 e. The Morgan fingerprint density at radius 1 is 1.20 bits per heavy atom. The van der Waals surface area contributed by atoms with Crippen LogP contribution in [0.15, 0.2) is 46.4 Å². The minimum Gasteiger partial charge on any atom is -0.490 e. The van der Waals surface area contributed by atoms with Crippen LogP contribution in [0.2, 0.25) is 0 Å². The van der Waals surface area contributed by atoms with Crippen molar-refractivity contribution < 1.29 is 23.9 Å². The number of nitro groups is 1. The smallest absolute Gasteiger partial charge is 0.348 e. The van der Waals surface area contributed by atoms with Crippen molar-refractivity contribution in [2.45, 2.75) is 20.5 Å². The fourth-order valence-corrected chi connectivity index (χ4v) is 3.03. The van der Waals surface area contributed by atoms with Gasteiger partial charge >= 0.3 is 5.97 Å². The fourth-order valence-electron chi connectivity index (χ4n) is 2.46. The van der Waals surface area contributed by atoms with Crippen molar-refractivity contribution >= 4 is 33.7 Å². The SMILES string of the molecule is CCOC(=O)C(C#N)=Cc1cc(Br)c(OCc2ccc([N+](=O)[O-])cc2)c(OCC)c1. The lowest BCUT2D eigenvalue weighted by Crippen LogP contribution is -2.06. The number of nitrogens with zero attached hydrogens (tertiary/aromatic N) is 2. The lowest BCUT2D eigenvalue weighted by molar-refractivity contribution is -0.384. The molecule has 0 aliphatic rings. The first-order valence-corrected chi connectivity index (χ1v) is 9.80. The summed E-state index contributed by atoms with van der Waals surface area (Å²) in [4.78, 5) is 22.1. The number of non-ortho nitro benzene ring substituents is 1. The maximum Gasteiger partial charge on any atom is 0.348 e. The molecular formula is C21H19BrN2O6. The summed E-state index contributed by atoms with van der Waals surface area (Å²) >= 11 is 3.43. The Labute approximate surface area is 181 Å². The van der Waals surface area contributed by atoms with Gasteiger partial charge in [-0.15, -0.1) is 0 Å². The molecule has 0 bridgehead atoms. The molecule has 0 heterocycles. The van der Waals surface area contributed by atoms with E-state index in [2.05, 4.69) is 15.9 Å². The molecule has 0 unspecified atom stereocenters. The first-order chi connectivity index (χ1) is 14.4. The van der Waals surface area contributed by atoms with Crippen LogP contribution in [-0.2, 0) is 16.1 Å². The number of nitriles is 1. The van der Waals surface area contributed by atoms with E-state index in [4.69, 9.17) is 14.2 Å². The minimum atomic E-state index is -0.701. The van der Waals surface area contributed by atoms with E-state index in [-0.39, 0.29) is 24.5 Å². The summed E-state index contributed by atoms with van der Waals surface area (Å²) in [5.41, 5.74) is 1.16. The van der Waals surface area contributed by atoms with Crippen molar-refractivity contribution in [2.75, 3.05) is 13.2 Å². The quantitative estimate of drug-likeness (QED) is 0.168. The molecule has 0 spiro atoms. The molecule has 156 valence electrons. The molecule has 0 aliphatic heterocycles. The Kier molecular flexibility index (Phi) is 8.38. The Hall–Kier alpha value is -3.38.